The van der Waals surface area contributed by atoms with Crippen LogP contribution >= 0.6 is 0 Å². The van der Waals surface area contributed by atoms with E-state index in [0.717, 1.165) is 5.75 Å². The predicted octanol–water partition coefficient (Wildman–Crippen LogP) is 1.70. The first-order valence-corrected chi connectivity index (χ1v) is 3.35. The molecule has 1 aliphatic rings. The molecule has 0 atom stereocenters. The van der Waals surface area contributed by atoms with Crippen molar-refractivity contribution in [1.82, 2.24) is 0 Å². The van der Waals surface area contributed by atoms with Crippen molar-refractivity contribution >= 4 is 23.4 Å². The summed E-state index contributed by atoms with van der Waals surface area (Å²) in [5.74, 6) is 0.991. The van der Waals surface area contributed by atoms with Crippen LogP contribution in [0.25, 0.3) is 6.08 Å². The van der Waals surface area contributed by atoms with Crippen molar-refractivity contribution in [2.24, 2.45) is 0 Å². The molecule has 1 heterocycles. The van der Waals surface area contributed by atoms with Gasteiger partial charge >= 0.3 is 0 Å². The standard InChI is InChI=1S/C9H8O.Al.Cu.Fe.Ni/c1-2-6-9-8(4-1)5-3-7-10-9;;;;/h1-6H,7H2;;;;. The van der Waals surface area contributed by atoms with Crippen LogP contribution in [0.5, 0.6) is 5.75 Å². The van der Waals surface area contributed by atoms with Crippen molar-refractivity contribution in [2.45, 2.75) is 0 Å². The van der Waals surface area contributed by atoms with E-state index in [2.05, 4.69) is 6.08 Å². The Morgan fingerprint density at radius 1 is 1.14 bits per heavy atom. The maximum Gasteiger partial charge on any atom is 0.126 e. The van der Waals surface area contributed by atoms with Crippen LogP contribution in [0.1, 0.15) is 5.56 Å². The third kappa shape index (κ3) is 5.06. The fraction of sp³-hybridized carbons (Fsp3) is 0.111. The Labute approximate surface area is 126 Å². The van der Waals surface area contributed by atoms with Crippen molar-refractivity contribution in [3.05, 3.63) is 35.9 Å². The van der Waals surface area contributed by atoms with Crippen molar-refractivity contribution in [1.29, 1.82) is 0 Å². The zero-order valence-corrected chi connectivity index (χ0v) is 11.3. The van der Waals surface area contributed by atoms with E-state index in [9.17, 15) is 0 Å². The summed E-state index contributed by atoms with van der Waals surface area (Å²) in [4.78, 5) is 0. The molecule has 0 amide bonds. The molecular formula is C9H8AlCuFeNiO. The molecule has 1 aromatic rings. The van der Waals surface area contributed by atoms with Crippen LogP contribution < -0.4 is 4.74 Å². The van der Waals surface area contributed by atoms with Crippen LogP contribution in [0.4, 0.5) is 0 Å². The molecule has 1 nitrogen and oxygen atoms in total. The molecule has 0 bridgehead atoms. The van der Waals surface area contributed by atoms with Gasteiger partial charge in [-0.25, -0.2) is 0 Å². The van der Waals surface area contributed by atoms with Crippen molar-refractivity contribution in [2.75, 3.05) is 6.61 Å². The van der Waals surface area contributed by atoms with E-state index in [4.69, 9.17) is 4.74 Å². The van der Waals surface area contributed by atoms with Crippen LogP contribution in [-0.2, 0) is 50.6 Å². The molecule has 2 rings (SSSR count). The zero-order chi connectivity index (χ0) is 6.81. The van der Waals surface area contributed by atoms with Crippen LogP contribution in [0, 0.1) is 0 Å². The summed E-state index contributed by atoms with van der Waals surface area (Å²) in [6.07, 6.45) is 4.10. The minimum atomic E-state index is 0. The average molecular weight is 337 g/mol. The summed E-state index contributed by atoms with van der Waals surface area (Å²) in [6.45, 7) is 0.705. The largest absolute Gasteiger partial charge is 0.489 e. The third-order valence-electron chi connectivity index (χ3n) is 1.55. The second-order valence-corrected chi connectivity index (χ2v) is 2.25. The minimum Gasteiger partial charge on any atom is -0.489 e. The van der Waals surface area contributed by atoms with Crippen molar-refractivity contribution < 1.29 is 55.4 Å². The number of rotatable bonds is 0. The summed E-state index contributed by atoms with van der Waals surface area (Å²) in [5.41, 5.74) is 1.17. The van der Waals surface area contributed by atoms with Crippen molar-refractivity contribution in [3.63, 3.8) is 0 Å². The first kappa shape index (κ1) is 20.3. The Bertz CT molecular complexity index is 283. The number of fused-ring (bicyclic) bond motifs is 1. The second kappa shape index (κ2) is 10.3. The Hall–Kier alpha value is 0.825. The van der Waals surface area contributed by atoms with E-state index in [1.54, 1.807) is 0 Å². The minimum absolute atomic E-state index is 0. The Kier molecular flexibility index (Phi) is 15.0. The quantitative estimate of drug-likeness (QED) is 0.655. The maximum atomic E-state index is 5.34. The first-order chi connectivity index (χ1) is 4.97. The number of benzene rings is 1. The number of para-hydroxylation sites is 1. The Morgan fingerprint density at radius 2 is 1.79 bits per heavy atom. The molecule has 0 unspecified atom stereocenters. The van der Waals surface area contributed by atoms with Crippen LogP contribution in [0.2, 0.25) is 0 Å². The molecule has 4 radical (unpaired) electrons. The molecule has 0 saturated heterocycles. The molecule has 0 saturated carbocycles. The average Bonchev–Trinajstić information content (AvgIpc) is 2.05. The molecule has 0 fully saturated rings. The van der Waals surface area contributed by atoms with Gasteiger partial charge in [0.2, 0.25) is 0 Å². The van der Waals surface area contributed by atoms with E-state index >= 15 is 0 Å². The molecule has 1 aromatic carbocycles. The number of ether oxygens (including phenoxy) is 1. The van der Waals surface area contributed by atoms with Gasteiger partial charge in [0, 0.05) is 73.6 Å². The van der Waals surface area contributed by atoms with E-state index in [0.29, 0.717) is 6.61 Å². The van der Waals surface area contributed by atoms with E-state index in [-0.39, 0.29) is 68.0 Å². The predicted molar refractivity (Wildman–Crippen MR) is 46.7 cm³/mol. The van der Waals surface area contributed by atoms with Gasteiger partial charge in [-0.2, -0.15) is 0 Å². The van der Waals surface area contributed by atoms with Crippen LogP contribution in [-0.4, -0.2) is 24.0 Å². The molecule has 0 spiro atoms. The van der Waals surface area contributed by atoms with Gasteiger partial charge in [-0.1, -0.05) is 24.3 Å². The van der Waals surface area contributed by atoms with Crippen molar-refractivity contribution in [3.8, 4) is 5.75 Å². The summed E-state index contributed by atoms with van der Waals surface area (Å²) in [7, 11) is 0. The molecule has 0 aromatic heterocycles. The van der Waals surface area contributed by atoms with E-state index in [1.807, 2.05) is 30.3 Å². The normalized spacial score (nSPS) is 10.0. The summed E-state index contributed by atoms with van der Waals surface area (Å²) in [5, 5.41) is 0. The molecular weight excluding hydrogens is 329 g/mol. The van der Waals surface area contributed by atoms with Gasteiger partial charge in [-0.15, -0.1) is 0 Å². The fourth-order valence-corrected chi connectivity index (χ4v) is 1.06. The van der Waals surface area contributed by atoms with Gasteiger partial charge in [-0.3, -0.25) is 0 Å². The van der Waals surface area contributed by atoms with Gasteiger partial charge in [0.05, 0.1) is 0 Å². The van der Waals surface area contributed by atoms with Gasteiger partial charge < -0.3 is 4.74 Å². The topological polar surface area (TPSA) is 9.23 Å². The number of hydrogen-bond donors (Lipinski definition) is 0. The van der Waals surface area contributed by atoms with Crippen LogP contribution in [0.3, 0.4) is 0 Å². The summed E-state index contributed by atoms with van der Waals surface area (Å²) >= 11 is 0. The Balaban J connectivity index is -0.000000302. The molecule has 0 aliphatic carbocycles. The summed E-state index contributed by atoms with van der Waals surface area (Å²) in [6, 6.07) is 8.03. The second-order valence-electron chi connectivity index (χ2n) is 2.25. The third-order valence-corrected chi connectivity index (χ3v) is 1.55. The summed E-state index contributed by atoms with van der Waals surface area (Å²) < 4.78 is 5.34. The van der Waals surface area contributed by atoms with E-state index in [1.165, 1.54) is 5.56 Å². The van der Waals surface area contributed by atoms with Crippen LogP contribution in [0.15, 0.2) is 30.3 Å². The molecule has 1 aliphatic heterocycles. The fourth-order valence-electron chi connectivity index (χ4n) is 1.06. The zero-order valence-electron chi connectivity index (χ0n) is 7.13. The molecule has 14 heavy (non-hydrogen) atoms. The molecule has 82 valence electrons. The van der Waals surface area contributed by atoms with Gasteiger partial charge in [0.1, 0.15) is 12.4 Å². The SMILES string of the molecule is C1=Cc2ccccc2OC1.[Al].[Cu].[Fe].[Ni]. The Morgan fingerprint density at radius 3 is 2.43 bits per heavy atom. The van der Waals surface area contributed by atoms with E-state index < -0.39 is 0 Å². The molecule has 5 heteroatoms. The maximum absolute atomic E-state index is 5.34. The monoisotopic (exact) mass is 336 g/mol. The van der Waals surface area contributed by atoms with Gasteiger partial charge in [0.25, 0.3) is 0 Å². The smallest absolute Gasteiger partial charge is 0.126 e. The van der Waals surface area contributed by atoms with Gasteiger partial charge in [0.15, 0.2) is 0 Å². The van der Waals surface area contributed by atoms with Gasteiger partial charge in [-0.05, 0) is 12.1 Å². The first-order valence-electron chi connectivity index (χ1n) is 3.35. The number of hydrogen-bond acceptors (Lipinski definition) is 1. The molecule has 0 N–H and O–H groups in total.